The van der Waals surface area contributed by atoms with Gasteiger partial charge in [0.05, 0.1) is 0 Å². The van der Waals surface area contributed by atoms with E-state index in [1.165, 1.54) is 13.8 Å². The minimum absolute atomic E-state index is 0.312. The molecule has 2 heteroatoms. The number of hydrogen-bond acceptors (Lipinski definition) is 2. The molecule has 0 fully saturated rings. The topological polar surface area (TPSA) is 34.1 Å². The van der Waals surface area contributed by atoms with Crippen LogP contribution in [-0.4, -0.2) is 11.6 Å². The van der Waals surface area contributed by atoms with Crippen LogP contribution >= 0.6 is 0 Å². The van der Waals surface area contributed by atoms with Gasteiger partial charge in [-0.3, -0.25) is 9.59 Å². The van der Waals surface area contributed by atoms with Crippen LogP contribution < -0.4 is 0 Å². The van der Waals surface area contributed by atoms with Crippen molar-refractivity contribution >= 4 is 11.6 Å². The maximum Gasteiger partial charge on any atom is 0.146 e. The molecule has 2 radical (unpaired) electrons. The maximum atomic E-state index is 9.92. The molecule has 0 bridgehead atoms. The van der Waals surface area contributed by atoms with E-state index < -0.39 is 0 Å². The van der Waals surface area contributed by atoms with Gasteiger partial charge < -0.3 is 0 Å². The molecular weight excluding hydrogens is 92.1 g/mol. The molecule has 2 nitrogen and oxygen atoms in total. The number of carbonyl (C=O) groups is 2. The van der Waals surface area contributed by atoms with Crippen LogP contribution in [-0.2, 0) is 9.59 Å². The second-order valence-electron chi connectivity index (χ2n) is 1.24. The van der Waals surface area contributed by atoms with E-state index in [1.54, 1.807) is 0 Å². The lowest BCUT2D eigenvalue weighted by Crippen LogP contribution is -1.99. The van der Waals surface area contributed by atoms with Gasteiger partial charge in [-0.05, 0) is 13.8 Å². The molecule has 0 heterocycles. The van der Waals surface area contributed by atoms with Crippen LogP contribution in [0.3, 0.4) is 0 Å². The van der Waals surface area contributed by atoms with Crippen molar-refractivity contribution in [3.8, 4) is 0 Å². The molecule has 0 amide bonds. The van der Waals surface area contributed by atoms with E-state index in [2.05, 4.69) is 0 Å². The molecule has 0 rings (SSSR count). The second kappa shape index (κ2) is 2.50. The average molecular weight is 98.1 g/mol. The number of ketones is 2. The molecule has 0 aromatic heterocycles. The number of Topliss-reactive ketones (excluding diaryl/α,β-unsaturated/α-hetero) is 2. The van der Waals surface area contributed by atoms with Gasteiger partial charge in [0.2, 0.25) is 0 Å². The summed E-state index contributed by atoms with van der Waals surface area (Å²) in [5.74, 6) is -0.625. The first-order chi connectivity index (χ1) is 3.13. The summed E-state index contributed by atoms with van der Waals surface area (Å²) in [6.07, 6.45) is 2.03. The van der Waals surface area contributed by atoms with E-state index in [-0.39, 0.29) is 11.6 Å². The lowest BCUT2D eigenvalue weighted by Gasteiger charge is -1.79. The summed E-state index contributed by atoms with van der Waals surface area (Å²) in [7, 11) is 0. The van der Waals surface area contributed by atoms with Crippen molar-refractivity contribution in [3.63, 3.8) is 0 Å². The van der Waals surface area contributed by atoms with Crippen molar-refractivity contribution in [3.05, 3.63) is 6.42 Å². The van der Waals surface area contributed by atoms with E-state index in [4.69, 9.17) is 0 Å². The van der Waals surface area contributed by atoms with Crippen LogP contribution in [0.25, 0.3) is 0 Å². The zero-order valence-electron chi connectivity index (χ0n) is 4.32. The Labute approximate surface area is 42.5 Å². The minimum Gasteiger partial charge on any atom is -0.299 e. The third kappa shape index (κ3) is 5.34. The van der Waals surface area contributed by atoms with Gasteiger partial charge in [0, 0.05) is 0 Å². The molecular formula is C5H6O2. The van der Waals surface area contributed by atoms with Crippen LogP contribution in [0.4, 0.5) is 0 Å². The monoisotopic (exact) mass is 98.0 g/mol. The van der Waals surface area contributed by atoms with E-state index in [0.717, 1.165) is 0 Å². The van der Waals surface area contributed by atoms with Crippen LogP contribution in [0.15, 0.2) is 0 Å². The van der Waals surface area contributed by atoms with Gasteiger partial charge >= 0.3 is 0 Å². The fourth-order valence-corrected chi connectivity index (χ4v) is 0.248. The molecule has 0 unspecified atom stereocenters. The lowest BCUT2D eigenvalue weighted by molar-refractivity contribution is -0.119. The Hall–Kier alpha value is -0.660. The Kier molecular flexibility index (Phi) is 2.27. The van der Waals surface area contributed by atoms with Crippen molar-refractivity contribution in [2.75, 3.05) is 0 Å². The van der Waals surface area contributed by atoms with E-state index in [1.807, 2.05) is 6.42 Å². The summed E-state index contributed by atoms with van der Waals surface area (Å²) in [5, 5.41) is 0. The zero-order chi connectivity index (χ0) is 5.86. The highest BCUT2D eigenvalue weighted by Gasteiger charge is 1.97. The van der Waals surface area contributed by atoms with Crippen LogP contribution in [0, 0.1) is 6.42 Å². The molecule has 0 saturated heterocycles. The highest BCUT2D eigenvalue weighted by Crippen LogP contribution is 1.78. The fraction of sp³-hybridized carbons (Fsp3) is 0.400. The van der Waals surface area contributed by atoms with E-state index >= 15 is 0 Å². The van der Waals surface area contributed by atoms with Gasteiger partial charge in [0.1, 0.15) is 18.0 Å². The van der Waals surface area contributed by atoms with Crippen LogP contribution in [0.1, 0.15) is 13.8 Å². The van der Waals surface area contributed by atoms with Crippen molar-refractivity contribution in [2.45, 2.75) is 13.8 Å². The van der Waals surface area contributed by atoms with Gasteiger partial charge in [-0.2, -0.15) is 0 Å². The quantitative estimate of drug-likeness (QED) is 0.496. The first-order valence-corrected chi connectivity index (χ1v) is 1.91. The molecule has 0 N–H and O–H groups in total. The fourth-order valence-electron chi connectivity index (χ4n) is 0.248. The highest BCUT2D eigenvalue weighted by molar-refractivity contribution is 6.08. The Balaban J connectivity index is 3.32. The first-order valence-electron chi connectivity index (χ1n) is 1.91. The molecule has 0 saturated carbocycles. The summed E-state index contributed by atoms with van der Waals surface area (Å²) >= 11 is 0. The Morgan fingerprint density at radius 3 is 1.43 bits per heavy atom. The summed E-state index contributed by atoms with van der Waals surface area (Å²) < 4.78 is 0. The van der Waals surface area contributed by atoms with E-state index in [0.29, 0.717) is 0 Å². The normalized spacial score (nSPS) is 8.29. The summed E-state index contributed by atoms with van der Waals surface area (Å²) in [6, 6.07) is 0. The van der Waals surface area contributed by atoms with E-state index in [9.17, 15) is 9.59 Å². The smallest absolute Gasteiger partial charge is 0.146 e. The molecule has 0 aromatic carbocycles. The predicted molar refractivity (Wildman–Crippen MR) is 24.6 cm³/mol. The SMILES string of the molecule is CC(=O)[C]C(C)=O. The minimum atomic E-state index is -0.312. The lowest BCUT2D eigenvalue weighted by atomic mass is 10.2. The first kappa shape index (κ1) is 6.34. The van der Waals surface area contributed by atoms with Crippen molar-refractivity contribution < 1.29 is 9.59 Å². The summed E-state index contributed by atoms with van der Waals surface area (Å²) in [4.78, 5) is 19.8. The molecule has 0 aliphatic carbocycles. The molecule has 0 spiro atoms. The molecule has 0 aromatic rings. The predicted octanol–water partition coefficient (Wildman–Crippen LogP) is 0.246. The Bertz CT molecular complexity index is 82.3. The van der Waals surface area contributed by atoms with Crippen molar-refractivity contribution in [1.29, 1.82) is 0 Å². The van der Waals surface area contributed by atoms with Gasteiger partial charge in [-0.1, -0.05) is 0 Å². The van der Waals surface area contributed by atoms with Crippen molar-refractivity contribution in [1.82, 2.24) is 0 Å². The maximum absolute atomic E-state index is 9.92. The summed E-state index contributed by atoms with van der Waals surface area (Å²) in [6.45, 7) is 2.59. The number of rotatable bonds is 2. The molecule has 0 aliphatic rings. The Morgan fingerprint density at radius 2 is 1.43 bits per heavy atom. The van der Waals surface area contributed by atoms with Crippen LogP contribution in [0.5, 0.6) is 0 Å². The third-order valence-corrected chi connectivity index (χ3v) is 0.352. The number of hydrogen-bond donors (Lipinski definition) is 0. The molecule has 7 heavy (non-hydrogen) atoms. The molecule has 0 atom stereocenters. The van der Waals surface area contributed by atoms with Gasteiger partial charge in [0.15, 0.2) is 0 Å². The largest absolute Gasteiger partial charge is 0.299 e. The molecule has 0 aliphatic heterocycles. The Morgan fingerprint density at radius 1 is 1.14 bits per heavy atom. The highest BCUT2D eigenvalue weighted by atomic mass is 16.1. The van der Waals surface area contributed by atoms with Crippen molar-refractivity contribution in [2.24, 2.45) is 0 Å². The molecule has 38 valence electrons. The van der Waals surface area contributed by atoms with Gasteiger partial charge in [-0.25, -0.2) is 0 Å². The van der Waals surface area contributed by atoms with Gasteiger partial charge in [0.25, 0.3) is 0 Å². The second-order valence-corrected chi connectivity index (χ2v) is 1.24. The number of carbonyl (C=O) groups excluding carboxylic acids is 2. The summed E-state index contributed by atoms with van der Waals surface area (Å²) in [5.41, 5.74) is 0. The standard InChI is InChI=1S/C5H6O2/c1-4(6)3-5(2)7/h1-2H3. The average Bonchev–Trinajstić information content (AvgIpc) is 1.27. The van der Waals surface area contributed by atoms with Crippen LogP contribution in [0.2, 0.25) is 0 Å². The zero-order valence-corrected chi connectivity index (χ0v) is 4.32. The third-order valence-electron chi connectivity index (χ3n) is 0.352. The van der Waals surface area contributed by atoms with Gasteiger partial charge in [-0.15, -0.1) is 0 Å².